The Kier molecular flexibility index (Phi) is 8.77. The van der Waals surface area contributed by atoms with Gasteiger partial charge in [0, 0.05) is 38.6 Å². The van der Waals surface area contributed by atoms with E-state index in [1.807, 2.05) is 97.1 Å². The van der Waals surface area contributed by atoms with Crippen LogP contribution in [0.2, 0.25) is 0 Å². The van der Waals surface area contributed by atoms with E-state index in [1.54, 1.807) is 0 Å². The van der Waals surface area contributed by atoms with E-state index in [-0.39, 0.29) is 5.41 Å². The van der Waals surface area contributed by atoms with Crippen LogP contribution in [0, 0.1) is 17.9 Å². The van der Waals surface area contributed by atoms with Crippen molar-refractivity contribution in [2.75, 3.05) is 0 Å². The second kappa shape index (κ2) is 14.2. The van der Waals surface area contributed by atoms with Crippen molar-refractivity contribution in [3.8, 4) is 67.9 Å². The Morgan fingerprint density at radius 2 is 1.11 bits per heavy atom. The van der Waals surface area contributed by atoms with Crippen molar-refractivity contribution in [2.24, 2.45) is 0 Å². The number of hydrogen-bond donors (Lipinski definition) is 0. The first-order valence-corrected chi connectivity index (χ1v) is 19.0. The molecule has 0 unspecified atom stereocenters. The lowest BCUT2D eigenvalue weighted by atomic mass is 9.86. The van der Waals surface area contributed by atoms with E-state index in [0.29, 0.717) is 17.1 Å². The van der Waals surface area contributed by atoms with Gasteiger partial charge in [0.1, 0.15) is 0 Å². The van der Waals surface area contributed by atoms with Gasteiger partial charge in [-0.2, -0.15) is 5.26 Å². The normalized spacial score (nSPS) is 11.4. The summed E-state index contributed by atoms with van der Waals surface area (Å²) in [4.78, 5) is 14.0. The van der Waals surface area contributed by atoms with E-state index in [0.717, 1.165) is 67.1 Å². The molecule has 2 heterocycles. The highest BCUT2D eigenvalue weighted by atomic mass is 15.0. The third kappa shape index (κ3) is 6.52. The Morgan fingerprint density at radius 1 is 0.544 bits per heavy atom. The molecule has 0 saturated carbocycles. The van der Waals surface area contributed by atoms with Gasteiger partial charge in [-0.05, 0) is 70.6 Å². The third-order valence-electron chi connectivity index (χ3n) is 10.6. The monoisotopic (exact) mass is 731 g/mol. The third-order valence-corrected chi connectivity index (χ3v) is 10.6. The van der Waals surface area contributed by atoms with Gasteiger partial charge >= 0.3 is 0 Å². The predicted octanol–water partition coefficient (Wildman–Crippen LogP) is 13.6. The summed E-state index contributed by atoms with van der Waals surface area (Å²) in [5, 5.41) is 12.1. The summed E-state index contributed by atoms with van der Waals surface area (Å²) < 4.78 is 2.39. The Hall–Kier alpha value is -7.60. The average molecular weight is 732 g/mol. The smallest absolute Gasteiger partial charge is 0.187 e. The number of aromatic nitrogens is 3. The SMILES string of the molecule is [C-]#[N+]c1ccc(-c2cc(-c3cc(-c4ccccc4)nc(-c4ccccc4)n3)cc(-c3ccc(C#N)cc3)c2-n2c3ccccc3c3cc(C(C)(C)C)ccc32)cc1. The van der Waals surface area contributed by atoms with Gasteiger partial charge in [-0.15, -0.1) is 0 Å². The van der Waals surface area contributed by atoms with Crippen LogP contribution in [-0.4, -0.2) is 14.5 Å². The molecule has 0 spiro atoms. The van der Waals surface area contributed by atoms with Crippen molar-refractivity contribution in [2.45, 2.75) is 26.2 Å². The molecule has 0 atom stereocenters. The molecule has 0 radical (unpaired) electrons. The van der Waals surface area contributed by atoms with Crippen LogP contribution in [0.15, 0.2) is 170 Å². The maximum absolute atomic E-state index is 9.80. The van der Waals surface area contributed by atoms with Crippen LogP contribution in [0.1, 0.15) is 31.9 Å². The zero-order valence-electron chi connectivity index (χ0n) is 31.9. The van der Waals surface area contributed by atoms with Gasteiger partial charge in [0.2, 0.25) is 0 Å². The summed E-state index contributed by atoms with van der Waals surface area (Å²) in [7, 11) is 0. The Balaban J connectivity index is 1.41. The van der Waals surface area contributed by atoms with Crippen molar-refractivity contribution in [1.82, 2.24) is 14.5 Å². The Labute approximate surface area is 332 Å². The Bertz CT molecular complexity index is 2890. The standard InChI is InChI=1S/C52H37N5/c1-52(2,3)40-25-28-49-45(31-40)42-17-11-12-18-48(42)57(49)50-43(35-21-19-34(33-53)20-22-35)29-39(30-44(50)36-23-26-41(54-4)27-24-36)47-32-46(37-13-7-5-8-14-37)55-51(56-47)38-15-9-6-10-16-38/h5-32H,1-3H3. The van der Waals surface area contributed by atoms with Gasteiger partial charge in [0.15, 0.2) is 11.5 Å². The lowest BCUT2D eigenvalue weighted by Crippen LogP contribution is -2.10. The zero-order valence-corrected chi connectivity index (χ0v) is 31.9. The summed E-state index contributed by atoms with van der Waals surface area (Å²) in [6, 6.07) is 60.2. The molecule has 9 aromatic rings. The lowest BCUT2D eigenvalue weighted by molar-refractivity contribution is 0.591. The van der Waals surface area contributed by atoms with Gasteiger partial charge in [0.25, 0.3) is 0 Å². The molecule has 5 heteroatoms. The molecule has 0 bridgehead atoms. The molecule has 2 aromatic heterocycles. The number of nitriles is 1. The maximum Gasteiger partial charge on any atom is 0.187 e. The minimum absolute atomic E-state index is 0.0305. The minimum Gasteiger partial charge on any atom is -0.308 e. The molecule has 9 rings (SSSR count). The number of hydrogen-bond acceptors (Lipinski definition) is 3. The van der Waals surface area contributed by atoms with Crippen molar-refractivity contribution < 1.29 is 0 Å². The van der Waals surface area contributed by atoms with E-state index < -0.39 is 0 Å². The van der Waals surface area contributed by atoms with Gasteiger partial charge in [-0.25, -0.2) is 14.8 Å². The molecular formula is C52H37N5. The second-order valence-electron chi connectivity index (χ2n) is 15.3. The quantitative estimate of drug-likeness (QED) is 0.160. The van der Waals surface area contributed by atoms with Gasteiger partial charge in [0.05, 0.1) is 46.3 Å². The number of para-hydroxylation sites is 1. The second-order valence-corrected chi connectivity index (χ2v) is 15.3. The first-order chi connectivity index (χ1) is 27.8. The van der Waals surface area contributed by atoms with Gasteiger partial charge < -0.3 is 4.57 Å². The summed E-state index contributed by atoms with van der Waals surface area (Å²) in [6.07, 6.45) is 0. The highest BCUT2D eigenvalue weighted by molar-refractivity contribution is 6.11. The highest BCUT2D eigenvalue weighted by Gasteiger charge is 2.24. The largest absolute Gasteiger partial charge is 0.308 e. The van der Waals surface area contributed by atoms with Crippen LogP contribution >= 0.6 is 0 Å². The van der Waals surface area contributed by atoms with Crippen molar-refractivity contribution >= 4 is 27.5 Å². The van der Waals surface area contributed by atoms with Crippen LogP contribution in [-0.2, 0) is 5.41 Å². The highest BCUT2D eigenvalue weighted by Crippen LogP contribution is 2.45. The summed E-state index contributed by atoms with van der Waals surface area (Å²) in [5.74, 6) is 0.635. The zero-order chi connectivity index (χ0) is 39.1. The van der Waals surface area contributed by atoms with Crippen LogP contribution in [0.3, 0.4) is 0 Å². The fourth-order valence-corrected chi connectivity index (χ4v) is 7.65. The molecule has 0 aliphatic carbocycles. The van der Waals surface area contributed by atoms with Crippen molar-refractivity contribution in [1.29, 1.82) is 5.26 Å². The average Bonchev–Trinajstić information content (AvgIpc) is 3.59. The molecule has 7 aromatic carbocycles. The molecule has 270 valence electrons. The van der Waals surface area contributed by atoms with Gasteiger partial charge in [-0.3, -0.25) is 0 Å². The summed E-state index contributed by atoms with van der Waals surface area (Å²) in [5.41, 5.74) is 13.9. The van der Waals surface area contributed by atoms with Crippen LogP contribution in [0.4, 0.5) is 5.69 Å². The van der Waals surface area contributed by atoms with E-state index in [2.05, 4.69) is 109 Å². The molecule has 0 fully saturated rings. The number of nitrogens with zero attached hydrogens (tertiary/aromatic N) is 5. The maximum atomic E-state index is 9.80. The first kappa shape index (κ1) is 35.1. The number of fused-ring (bicyclic) bond motifs is 3. The first-order valence-electron chi connectivity index (χ1n) is 19.0. The molecule has 0 N–H and O–H groups in total. The molecule has 0 saturated heterocycles. The number of benzene rings is 7. The van der Waals surface area contributed by atoms with Crippen LogP contribution in [0.5, 0.6) is 0 Å². The molecule has 5 nitrogen and oxygen atoms in total. The molecular weight excluding hydrogens is 695 g/mol. The fourth-order valence-electron chi connectivity index (χ4n) is 7.65. The van der Waals surface area contributed by atoms with E-state index in [9.17, 15) is 5.26 Å². The van der Waals surface area contributed by atoms with Gasteiger partial charge in [-0.1, -0.05) is 142 Å². The van der Waals surface area contributed by atoms with E-state index >= 15 is 0 Å². The minimum atomic E-state index is -0.0305. The van der Waals surface area contributed by atoms with Crippen molar-refractivity contribution in [3.63, 3.8) is 0 Å². The molecule has 0 aliphatic rings. The summed E-state index contributed by atoms with van der Waals surface area (Å²) >= 11 is 0. The summed E-state index contributed by atoms with van der Waals surface area (Å²) in [6.45, 7) is 14.5. The Morgan fingerprint density at radius 3 is 1.72 bits per heavy atom. The molecule has 0 aliphatic heterocycles. The molecule has 0 amide bonds. The predicted molar refractivity (Wildman–Crippen MR) is 233 cm³/mol. The number of rotatable bonds is 6. The van der Waals surface area contributed by atoms with Crippen LogP contribution in [0.25, 0.3) is 88.5 Å². The fraction of sp³-hybridized carbons (Fsp3) is 0.0769. The lowest BCUT2D eigenvalue weighted by Gasteiger charge is -2.22. The topological polar surface area (TPSA) is 58.9 Å². The van der Waals surface area contributed by atoms with E-state index in [1.165, 1.54) is 16.3 Å². The van der Waals surface area contributed by atoms with E-state index in [4.69, 9.17) is 16.5 Å². The van der Waals surface area contributed by atoms with Crippen LogP contribution < -0.4 is 0 Å². The van der Waals surface area contributed by atoms with Crippen molar-refractivity contribution in [3.05, 3.63) is 192 Å². The molecule has 57 heavy (non-hydrogen) atoms.